The molecule has 6 aromatic rings. The highest BCUT2D eigenvalue weighted by atomic mass is 32.1. The van der Waals surface area contributed by atoms with Crippen LogP contribution in [-0.4, -0.2) is 0 Å². The average Bonchev–Trinajstić information content (AvgIpc) is 3.39. The molecule has 0 saturated carbocycles. The minimum atomic E-state index is -3.27. The van der Waals surface area contributed by atoms with Gasteiger partial charge in [0.05, 0.1) is 27.7 Å². The summed E-state index contributed by atoms with van der Waals surface area (Å²) in [5.41, 5.74) is 10.0. The summed E-state index contributed by atoms with van der Waals surface area (Å²) in [5.74, 6) is 0. The van der Waals surface area contributed by atoms with Gasteiger partial charge in [-0.15, -0.1) is 11.3 Å². The summed E-state index contributed by atoms with van der Waals surface area (Å²) in [7, 11) is -3.27. The zero-order chi connectivity index (χ0) is 28.7. The van der Waals surface area contributed by atoms with Gasteiger partial charge in [0.25, 0.3) is 0 Å². The molecule has 8 rings (SSSR count). The van der Waals surface area contributed by atoms with Gasteiger partial charge in [-0.1, -0.05) is 66.6 Å². The zero-order valence-corrected chi connectivity index (χ0v) is 25.9. The van der Waals surface area contributed by atoms with Crippen molar-refractivity contribution in [1.82, 2.24) is 0 Å². The molecule has 3 heterocycles. The van der Waals surface area contributed by atoms with Crippen LogP contribution >= 0.6 is 18.5 Å². The van der Waals surface area contributed by atoms with Gasteiger partial charge in [0.1, 0.15) is 5.00 Å². The molecule has 0 spiro atoms. The second kappa shape index (κ2) is 9.19. The maximum absolute atomic E-state index is 16.3. The maximum atomic E-state index is 16.3. The fourth-order valence-corrected chi connectivity index (χ4v) is 11.7. The van der Waals surface area contributed by atoms with Crippen LogP contribution in [0.3, 0.4) is 0 Å². The van der Waals surface area contributed by atoms with Crippen LogP contribution in [0.5, 0.6) is 0 Å². The van der Waals surface area contributed by atoms with E-state index in [1.54, 1.807) is 11.3 Å². The standard InChI is InChI=1S/C37H31N2OPS/c1-5-26-21-31-36-32(22-26)39(28-17-12-24(3)13-18-28)37-35(29-8-6-7-9-34(29)42-37)41(36,40)33-19-14-25(4)20-30(33)38(31)27-15-10-23(2)11-16-27/h6-22H,5H2,1-4H3. The van der Waals surface area contributed by atoms with Crippen molar-refractivity contribution in [2.45, 2.75) is 34.1 Å². The Morgan fingerprint density at radius 1 is 0.643 bits per heavy atom. The third-order valence-corrected chi connectivity index (χ3v) is 13.2. The number of nitrogens with zero attached hydrogens (tertiary/aromatic N) is 2. The fourth-order valence-electron chi connectivity index (χ4n) is 6.60. The molecule has 206 valence electrons. The predicted octanol–water partition coefficient (Wildman–Crippen LogP) is 9.59. The van der Waals surface area contributed by atoms with E-state index in [1.165, 1.54) is 16.7 Å². The van der Waals surface area contributed by atoms with E-state index >= 15 is 4.57 Å². The Balaban J connectivity index is 1.56. The Morgan fingerprint density at radius 3 is 1.90 bits per heavy atom. The molecule has 0 bridgehead atoms. The van der Waals surface area contributed by atoms with Crippen molar-refractivity contribution in [2.75, 3.05) is 9.80 Å². The number of thiophene rings is 1. The van der Waals surface area contributed by atoms with Crippen LogP contribution in [0.2, 0.25) is 0 Å². The van der Waals surface area contributed by atoms with Gasteiger partial charge in [0, 0.05) is 26.8 Å². The van der Waals surface area contributed by atoms with Crippen LogP contribution in [0.15, 0.2) is 103 Å². The molecule has 42 heavy (non-hydrogen) atoms. The van der Waals surface area contributed by atoms with Crippen LogP contribution in [-0.2, 0) is 11.0 Å². The van der Waals surface area contributed by atoms with E-state index in [0.29, 0.717) is 0 Å². The van der Waals surface area contributed by atoms with Crippen LogP contribution in [0.25, 0.3) is 10.1 Å². The van der Waals surface area contributed by atoms with Crippen LogP contribution in [0.4, 0.5) is 33.4 Å². The van der Waals surface area contributed by atoms with Crippen molar-refractivity contribution < 1.29 is 4.57 Å². The number of hydrogen-bond acceptors (Lipinski definition) is 4. The number of benzene rings is 5. The Morgan fingerprint density at radius 2 is 1.24 bits per heavy atom. The highest BCUT2D eigenvalue weighted by Gasteiger charge is 2.50. The molecule has 1 unspecified atom stereocenters. The summed E-state index contributed by atoms with van der Waals surface area (Å²) in [6, 6.07) is 37.0. The number of anilines is 6. The van der Waals surface area contributed by atoms with E-state index < -0.39 is 7.14 Å². The van der Waals surface area contributed by atoms with E-state index in [1.807, 2.05) is 0 Å². The normalized spacial score (nSPS) is 16.8. The first-order valence-electron chi connectivity index (χ1n) is 14.5. The Labute approximate surface area is 251 Å². The van der Waals surface area contributed by atoms with E-state index in [9.17, 15) is 0 Å². The third-order valence-electron chi connectivity index (χ3n) is 8.70. The summed E-state index contributed by atoms with van der Waals surface area (Å²) < 4.78 is 17.5. The lowest BCUT2D eigenvalue weighted by molar-refractivity contribution is 0.592. The summed E-state index contributed by atoms with van der Waals surface area (Å²) in [6.45, 7) is 8.57. The van der Waals surface area contributed by atoms with Crippen molar-refractivity contribution in [3.8, 4) is 0 Å². The van der Waals surface area contributed by atoms with Crippen molar-refractivity contribution in [3.05, 3.63) is 125 Å². The minimum absolute atomic E-state index is 0.883. The molecule has 0 fully saturated rings. The van der Waals surface area contributed by atoms with Crippen molar-refractivity contribution >= 4 is 77.9 Å². The van der Waals surface area contributed by atoms with Crippen LogP contribution in [0.1, 0.15) is 29.2 Å². The molecule has 2 aliphatic rings. The van der Waals surface area contributed by atoms with Crippen LogP contribution in [0, 0.1) is 20.8 Å². The molecular weight excluding hydrogens is 551 g/mol. The van der Waals surface area contributed by atoms with Crippen LogP contribution < -0.4 is 25.7 Å². The SMILES string of the molecule is CCc1cc2c3c(c1)N(c1ccc(C)cc1)c1sc4ccccc4c1P3(=O)c1ccc(C)cc1N2c1ccc(C)cc1. The minimum Gasteiger partial charge on any atom is -0.309 e. The molecular formula is C37H31N2OPS. The number of aryl methyl sites for hydroxylation is 4. The largest absolute Gasteiger partial charge is 0.309 e. The summed E-state index contributed by atoms with van der Waals surface area (Å²) >= 11 is 1.75. The summed E-state index contributed by atoms with van der Waals surface area (Å²) in [5, 5.41) is 4.97. The molecule has 0 aliphatic carbocycles. The van der Waals surface area contributed by atoms with Crippen molar-refractivity contribution in [1.29, 1.82) is 0 Å². The highest BCUT2D eigenvalue weighted by Crippen LogP contribution is 2.64. The molecule has 0 amide bonds. The van der Waals surface area contributed by atoms with Gasteiger partial charge >= 0.3 is 0 Å². The van der Waals surface area contributed by atoms with E-state index in [0.717, 1.165) is 71.4 Å². The number of hydrogen-bond donors (Lipinski definition) is 0. The molecule has 3 nitrogen and oxygen atoms in total. The van der Waals surface area contributed by atoms with Gasteiger partial charge < -0.3 is 14.4 Å². The van der Waals surface area contributed by atoms with E-state index in [-0.39, 0.29) is 0 Å². The highest BCUT2D eigenvalue weighted by molar-refractivity contribution is 7.87. The smallest absolute Gasteiger partial charge is 0.180 e. The molecule has 5 heteroatoms. The Kier molecular flexibility index (Phi) is 5.60. The van der Waals surface area contributed by atoms with Gasteiger partial charge in [0.2, 0.25) is 0 Å². The second-order valence-corrected chi connectivity index (χ2v) is 15.2. The first-order chi connectivity index (χ1) is 20.4. The average molecular weight is 583 g/mol. The topological polar surface area (TPSA) is 23.6 Å². The lowest BCUT2D eigenvalue weighted by Gasteiger charge is -2.44. The maximum Gasteiger partial charge on any atom is 0.180 e. The van der Waals surface area contributed by atoms with E-state index in [2.05, 4.69) is 141 Å². The van der Waals surface area contributed by atoms with Gasteiger partial charge in [0.15, 0.2) is 7.14 Å². The first kappa shape index (κ1) is 25.6. The molecule has 0 saturated heterocycles. The lowest BCUT2D eigenvalue weighted by atomic mass is 10.1. The van der Waals surface area contributed by atoms with Crippen molar-refractivity contribution in [2.24, 2.45) is 0 Å². The molecule has 1 aromatic heterocycles. The monoisotopic (exact) mass is 582 g/mol. The lowest BCUT2D eigenvalue weighted by Crippen LogP contribution is -2.42. The third kappa shape index (κ3) is 3.49. The number of fused-ring (bicyclic) bond motifs is 6. The second-order valence-electron chi connectivity index (χ2n) is 11.5. The van der Waals surface area contributed by atoms with Gasteiger partial charge in [-0.2, -0.15) is 0 Å². The zero-order valence-electron chi connectivity index (χ0n) is 24.2. The molecule has 0 radical (unpaired) electrons. The molecule has 0 N–H and O–H groups in total. The van der Waals surface area contributed by atoms with Gasteiger partial charge in [-0.05, 0) is 92.9 Å². The fraction of sp³-hybridized carbons (Fsp3) is 0.135. The predicted molar refractivity (Wildman–Crippen MR) is 181 cm³/mol. The Bertz CT molecular complexity index is 2090. The van der Waals surface area contributed by atoms with E-state index in [4.69, 9.17) is 0 Å². The van der Waals surface area contributed by atoms with Gasteiger partial charge in [-0.3, -0.25) is 0 Å². The molecule has 2 aliphatic heterocycles. The van der Waals surface area contributed by atoms with Crippen molar-refractivity contribution in [3.63, 3.8) is 0 Å². The first-order valence-corrected chi connectivity index (χ1v) is 17.1. The number of rotatable bonds is 3. The summed E-state index contributed by atoms with van der Waals surface area (Å²) in [6.07, 6.45) is 0.883. The molecule has 5 aromatic carbocycles. The molecule has 1 atom stereocenters. The quantitative estimate of drug-likeness (QED) is 0.194. The van der Waals surface area contributed by atoms with Gasteiger partial charge in [-0.25, -0.2) is 0 Å². The summed E-state index contributed by atoms with van der Waals surface area (Å²) in [4.78, 5) is 4.73. The Hall–Kier alpha value is -4.11.